The first-order valence-corrected chi connectivity index (χ1v) is 5.39. The van der Waals surface area contributed by atoms with Crippen molar-refractivity contribution in [2.24, 2.45) is 0 Å². The molecular formula is C10H13BrFNO2. The maximum atomic E-state index is 13.3. The van der Waals surface area contributed by atoms with Crippen LogP contribution < -0.4 is 5.32 Å². The molecule has 0 saturated heterocycles. The smallest absolute Gasteiger partial charge is 0.130 e. The number of nitrogens with one attached hydrogen (secondary N) is 1. The van der Waals surface area contributed by atoms with E-state index in [9.17, 15) is 9.50 Å². The third kappa shape index (κ3) is 3.87. The topological polar surface area (TPSA) is 52.5 Å². The second-order valence-electron chi connectivity index (χ2n) is 3.11. The van der Waals surface area contributed by atoms with Gasteiger partial charge in [0.1, 0.15) is 5.82 Å². The second-order valence-corrected chi connectivity index (χ2v) is 4.03. The molecule has 5 heteroatoms. The number of aliphatic hydroxyl groups is 2. The van der Waals surface area contributed by atoms with Crippen LogP contribution in [0.3, 0.4) is 0 Å². The van der Waals surface area contributed by atoms with Gasteiger partial charge in [0.25, 0.3) is 0 Å². The fourth-order valence-corrected chi connectivity index (χ4v) is 1.53. The Morgan fingerprint density at radius 2 is 2.20 bits per heavy atom. The number of hydrogen-bond donors (Lipinski definition) is 3. The van der Waals surface area contributed by atoms with Crippen LogP contribution >= 0.6 is 15.9 Å². The Bertz CT molecular complexity index is 322. The Balaban J connectivity index is 2.61. The predicted molar refractivity (Wildman–Crippen MR) is 59.0 cm³/mol. The average molecular weight is 278 g/mol. The minimum absolute atomic E-state index is 0.00442. The van der Waals surface area contributed by atoms with Crippen molar-refractivity contribution in [1.29, 1.82) is 0 Å². The molecule has 1 atom stereocenters. The molecule has 15 heavy (non-hydrogen) atoms. The fraction of sp³-hybridized carbons (Fsp3) is 0.400. The van der Waals surface area contributed by atoms with Crippen molar-refractivity contribution in [3.8, 4) is 0 Å². The van der Waals surface area contributed by atoms with Gasteiger partial charge >= 0.3 is 0 Å². The lowest BCUT2D eigenvalue weighted by molar-refractivity contribution is 0.166. The Morgan fingerprint density at radius 1 is 1.47 bits per heavy atom. The molecule has 0 aliphatic rings. The molecule has 0 amide bonds. The van der Waals surface area contributed by atoms with E-state index in [0.717, 1.165) is 0 Å². The third-order valence-corrected chi connectivity index (χ3v) is 2.44. The molecule has 0 aliphatic carbocycles. The number of aliphatic hydroxyl groups excluding tert-OH is 2. The lowest BCUT2D eigenvalue weighted by Gasteiger charge is -2.12. The molecule has 0 spiro atoms. The van der Waals surface area contributed by atoms with Gasteiger partial charge in [-0.3, -0.25) is 0 Å². The van der Waals surface area contributed by atoms with Crippen LogP contribution in [0.25, 0.3) is 0 Å². The quantitative estimate of drug-likeness (QED) is 0.709. The van der Waals surface area contributed by atoms with E-state index in [1.807, 2.05) is 0 Å². The van der Waals surface area contributed by atoms with Crippen LogP contribution in [0.4, 0.5) is 4.39 Å². The largest absolute Gasteiger partial charge is 0.395 e. The average Bonchev–Trinajstić information content (AvgIpc) is 2.17. The minimum atomic E-state index is -0.898. The fourth-order valence-electron chi connectivity index (χ4n) is 1.20. The molecule has 0 fully saturated rings. The summed E-state index contributed by atoms with van der Waals surface area (Å²) in [6.07, 6.45) is -0.898. The van der Waals surface area contributed by atoms with Crippen molar-refractivity contribution in [2.45, 2.75) is 6.10 Å². The summed E-state index contributed by atoms with van der Waals surface area (Å²) < 4.78 is 14.0. The van der Waals surface area contributed by atoms with Gasteiger partial charge in [-0.15, -0.1) is 0 Å². The van der Waals surface area contributed by atoms with Gasteiger partial charge in [-0.25, -0.2) is 4.39 Å². The first-order chi connectivity index (χ1) is 7.15. The van der Waals surface area contributed by atoms with E-state index in [2.05, 4.69) is 21.2 Å². The summed E-state index contributed by atoms with van der Waals surface area (Å²) in [5.74, 6) is -0.442. The predicted octanol–water partition coefficient (Wildman–Crippen LogP) is 1.20. The van der Waals surface area contributed by atoms with E-state index in [1.165, 1.54) is 12.1 Å². The summed E-state index contributed by atoms with van der Waals surface area (Å²) in [4.78, 5) is 0. The normalized spacial score (nSPS) is 12.8. The van der Waals surface area contributed by atoms with Crippen molar-refractivity contribution in [2.75, 3.05) is 19.7 Å². The molecule has 1 rings (SSSR count). The highest BCUT2D eigenvalue weighted by Crippen LogP contribution is 2.20. The third-order valence-electron chi connectivity index (χ3n) is 1.95. The van der Waals surface area contributed by atoms with Gasteiger partial charge in [0.2, 0.25) is 0 Å². The van der Waals surface area contributed by atoms with Gasteiger partial charge in [-0.05, 0) is 12.1 Å². The van der Waals surface area contributed by atoms with Crippen molar-refractivity contribution in [3.05, 3.63) is 34.1 Å². The van der Waals surface area contributed by atoms with Gasteiger partial charge < -0.3 is 15.5 Å². The summed E-state index contributed by atoms with van der Waals surface area (Å²) in [5.41, 5.74) is 0.253. The van der Waals surface area contributed by atoms with E-state index < -0.39 is 11.9 Å². The summed E-state index contributed by atoms with van der Waals surface area (Å²) in [7, 11) is 0. The van der Waals surface area contributed by atoms with Crippen molar-refractivity contribution < 1.29 is 14.6 Å². The SMILES string of the molecule is OCCNC[C@@H](O)c1ccc(Br)cc1F. The molecule has 0 aliphatic heterocycles. The number of hydrogen-bond acceptors (Lipinski definition) is 3. The zero-order valence-electron chi connectivity index (χ0n) is 8.08. The summed E-state index contributed by atoms with van der Waals surface area (Å²) in [5, 5.41) is 20.9. The van der Waals surface area contributed by atoms with Crippen LogP contribution in [0.2, 0.25) is 0 Å². The maximum Gasteiger partial charge on any atom is 0.130 e. The molecule has 3 nitrogen and oxygen atoms in total. The van der Waals surface area contributed by atoms with Gasteiger partial charge in [0.15, 0.2) is 0 Å². The first kappa shape index (κ1) is 12.6. The summed E-state index contributed by atoms with van der Waals surface area (Å²) in [6.45, 7) is 0.601. The Hall–Kier alpha value is -0.490. The van der Waals surface area contributed by atoms with Crippen LogP contribution in [0.15, 0.2) is 22.7 Å². The molecule has 0 unspecified atom stereocenters. The Labute approximate surface area is 96.1 Å². The Morgan fingerprint density at radius 3 is 2.80 bits per heavy atom. The lowest BCUT2D eigenvalue weighted by Crippen LogP contribution is -2.24. The maximum absolute atomic E-state index is 13.3. The van der Waals surface area contributed by atoms with Crippen molar-refractivity contribution in [3.63, 3.8) is 0 Å². The number of benzene rings is 1. The summed E-state index contributed by atoms with van der Waals surface area (Å²) >= 11 is 3.14. The molecular weight excluding hydrogens is 265 g/mol. The molecule has 0 bridgehead atoms. The molecule has 84 valence electrons. The van der Waals surface area contributed by atoms with Crippen LogP contribution in [0.1, 0.15) is 11.7 Å². The molecule has 1 aromatic rings. The van der Waals surface area contributed by atoms with Gasteiger partial charge in [0, 0.05) is 23.1 Å². The van der Waals surface area contributed by atoms with E-state index in [4.69, 9.17) is 5.11 Å². The number of rotatable bonds is 5. The van der Waals surface area contributed by atoms with Gasteiger partial charge in [0.05, 0.1) is 12.7 Å². The van der Waals surface area contributed by atoms with Crippen LogP contribution in [0.5, 0.6) is 0 Å². The molecule has 0 radical (unpaired) electrons. The Kier molecular flexibility index (Phi) is 5.17. The number of halogens is 2. The molecule has 1 aromatic carbocycles. The molecule has 3 N–H and O–H groups in total. The zero-order chi connectivity index (χ0) is 11.3. The van der Waals surface area contributed by atoms with Gasteiger partial charge in [-0.2, -0.15) is 0 Å². The highest BCUT2D eigenvalue weighted by atomic mass is 79.9. The monoisotopic (exact) mass is 277 g/mol. The van der Waals surface area contributed by atoms with Crippen molar-refractivity contribution in [1.82, 2.24) is 5.32 Å². The lowest BCUT2D eigenvalue weighted by atomic mass is 10.1. The summed E-state index contributed by atoms with van der Waals surface area (Å²) in [6, 6.07) is 4.52. The first-order valence-electron chi connectivity index (χ1n) is 4.59. The van der Waals surface area contributed by atoms with Crippen LogP contribution in [-0.2, 0) is 0 Å². The minimum Gasteiger partial charge on any atom is -0.395 e. The van der Waals surface area contributed by atoms with E-state index in [1.54, 1.807) is 6.07 Å². The molecule has 0 aromatic heterocycles. The molecule has 0 saturated carbocycles. The second kappa shape index (κ2) is 6.17. The van der Waals surface area contributed by atoms with E-state index >= 15 is 0 Å². The zero-order valence-corrected chi connectivity index (χ0v) is 9.67. The van der Waals surface area contributed by atoms with Crippen LogP contribution in [0, 0.1) is 5.82 Å². The standard InChI is InChI=1S/C10H13BrFNO2/c11-7-1-2-8(9(12)5-7)10(15)6-13-3-4-14/h1-2,5,10,13-15H,3-4,6H2/t10-/m1/s1. The molecule has 0 heterocycles. The van der Waals surface area contributed by atoms with E-state index in [-0.39, 0.29) is 18.7 Å². The van der Waals surface area contributed by atoms with E-state index in [0.29, 0.717) is 11.0 Å². The van der Waals surface area contributed by atoms with Crippen molar-refractivity contribution >= 4 is 15.9 Å². The van der Waals surface area contributed by atoms with Crippen LogP contribution in [-0.4, -0.2) is 29.9 Å². The highest BCUT2D eigenvalue weighted by Gasteiger charge is 2.12. The highest BCUT2D eigenvalue weighted by molar-refractivity contribution is 9.10. The van der Waals surface area contributed by atoms with Gasteiger partial charge in [-0.1, -0.05) is 22.0 Å².